The van der Waals surface area contributed by atoms with Crippen molar-refractivity contribution in [3.63, 3.8) is 0 Å². The molecular formula is C10H16ClNO. The van der Waals surface area contributed by atoms with E-state index in [-0.39, 0.29) is 12.4 Å². The molecule has 3 heteroatoms. The van der Waals surface area contributed by atoms with Gasteiger partial charge < -0.3 is 10.2 Å². The normalized spacial score (nSPS) is 14.8. The van der Waals surface area contributed by atoms with Gasteiger partial charge in [0.1, 0.15) is 11.5 Å². The van der Waals surface area contributed by atoms with Gasteiger partial charge in [0, 0.05) is 18.4 Å². The van der Waals surface area contributed by atoms with Crippen LogP contribution in [-0.4, -0.2) is 0 Å². The number of hydrogen-bond donors (Lipinski definition) is 1. The van der Waals surface area contributed by atoms with E-state index in [0.29, 0.717) is 0 Å². The first-order valence-electron chi connectivity index (χ1n) is 4.71. The Morgan fingerprint density at radius 2 is 2.00 bits per heavy atom. The van der Waals surface area contributed by atoms with Crippen molar-refractivity contribution < 1.29 is 4.42 Å². The van der Waals surface area contributed by atoms with E-state index in [0.717, 1.165) is 36.5 Å². The Kier molecular flexibility index (Phi) is 3.26. The van der Waals surface area contributed by atoms with E-state index in [1.807, 2.05) is 0 Å². The van der Waals surface area contributed by atoms with E-state index in [1.165, 1.54) is 18.4 Å². The van der Waals surface area contributed by atoms with Crippen molar-refractivity contribution in [2.75, 3.05) is 5.73 Å². The SMILES string of the molecule is CCc1oc2c(c1N)CCCC2.Cl. The molecule has 74 valence electrons. The van der Waals surface area contributed by atoms with Gasteiger partial charge in [0.2, 0.25) is 0 Å². The summed E-state index contributed by atoms with van der Waals surface area (Å²) in [4.78, 5) is 0. The zero-order valence-electron chi connectivity index (χ0n) is 7.93. The summed E-state index contributed by atoms with van der Waals surface area (Å²) >= 11 is 0. The van der Waals surface area contributed by atoms with Crippen LogP contribution in [0.25, 0.3) is 0 Å². The maximum atomic E-state index is 5.94. The van der Waals surface area contributed by atoms with Gasteiger partial charge in [-0.25, -0.2) is 0 Å². The quantitative estimate of drug-likeness (QED) is 0.759. The number of hydrogen-bond acceptors (Lipinski definition) is 2. The van der Waals surface area contributed by atoms with Crippen LogP contribution < -0.4 is 5.73 Å². The van der Waals surface area contributed by atoms with Gasteiger partial charge in [-0.3, -0.25) is 0 Å². The van der Waals surface area contributed by atoms with Crippen LogP contribution in [0.5, 0.6) is 0 Å². The lowest BCUT2D eigenvalue weighted by molar-refractivity contribution is 0.448. The Hall–Kier alpha value is -0.630. The smallest absolute Gasteiger partial charge is 0.127 e. The summed E-state index contributed by atoms with van der Waals surface area (Å²) in [5, 5.41) is 0. The minimum absolute atomic E-state index is 0. The van der Waals surface area contributed by atoms with Gasteiger partial charge in [-0.15, -0.1) is 12.4 Å². The predicted octanol–water partition coefficient (Wildman–Crippen LogP) is 2.72. The molecule has 1 aromatic rings. The number of aryl methyl sites for hydroxylation is 2. The number of fused-ring (bicyclic) bond motifs is 1. The first-order valence-corrected chi connectivity index (χ1v) is 4.71. The molecule has 1 aliphatic rings. The molecule has 2 nitrogen and oxygen atoms in total. The standard InChI is InChI=1S/C10H15NO.ClH/c1-2-8-10(11)7-5-3-4-6-9(7)12-8;/h2-6,11H2,1H3;1H. The number of furan rings is 1. The predicted molar refractivity (Wildman–Crippen MR) is 56.4 cm³/mol. The molecular weight excluding hydrogens is 186 g/mol. The number of rotatable bonds is 1. The maximum Gasteiger partial charge on any atom is 0.127 e. The van der Waals surface area contributed by atoms with Gasteiger partial charge in [0.25, 0.3) is 0 Å². The molecule has 1 heterocycles. The second kappa shape index (κ2) is 4.05. The molecule has 2 N–H and O–H groups in total. The molecule has 0 bridgehead atoms. The molecule has 0 aliphatic heterocycles. The fourth-order valence-corrected chi connectivity index (χ4v) is 1.91. The second-order valence-electron chi connectivity index (χ2n) is 3.40. The van der Waals surface area contributed by atoms with Crippen LogP contribution in [-0.2, 0) is 19.3 Å². The lowest BCUT2D eigenvalue weighted by Crippen LogP contribution is -2.01. The van der Waals surface area contributed by atoms with Crippen molar-refractivity contribution in [2.24, 2.45) is 0 Å². The zero-order valence-corrected chi connectivity index (χ0v) is 8.75. The van der Waals surface area contributed by atoms with Crippen LogP contribution in [0, 0.1) is 0 Å². The first-order chi connectivity index (χ1) is 5.83. The Balaban J connectivity index is 0.000000845. The average molecular weight is 202 g/mol. The highest BCUT2D eigenvalue weighted by Crippen LogP contribution is 2.31. The molecule has 0 unspecified atom stereocenters. The van der Waals surface area contributed by atoms with Crippen molar-refractivity contribution in [3.05, 3.63) is 17.1 Å². The van der Waals surface area contributed by atoms with Gasteiger partial charge in [-0.2, -0.15) is 0 Å². The molecule has 0 spiro atoms. The van der Waals surface area contributed by atoms with Gasteiger partial charge >= 0.3 is 0 Å². The van der Waals surface area contributed by atoms with Crippen molar-refractivity contribution in [2.45, 2.75) is 39.0 Å². The van der Waals surface area contributed by atoms with Crippen molar-refractivity contribution >= 4 is 18.1 Å². The minimum atomic E-state index is 0. The lowest BCUT2D eigenvalue weighted by Gasteiger charge is -2.08. The van der Waals surface area contributed by atoms with Crippen LogP contribution in [0.1, 0.15) is 36.8 Å². The molecule has 0 aromatic carbocycles. The van der Waals surface area contributed by atoms with Gasteiger partial charge in [0.15, 0.2) is 0 Å². The highest BCUT2D eigenvalue weighted by atomic mass is 35.5. The average Bonchev–Trinajstić information content (AvgIpc) is 2.44. The summed E-state index contributed by atoms with van der Waals surface area (Å²) in [5.74, 6) is 2.14. The van der Waals surface area contributed by atoms with E-state index >= 15 is 0 Å². The summed E-state index contributed by atoms with van der Waals surface area (Å²) < 4.78 is 5.66. The lowest BCUT2D eigenvalue weighted by atomic mass is 9.97. The van der Waals surface area contributed by atoms with Crippen molar-refractivity contribution in [1.82, 2.24) is 0 Å². The zero-order chi connectivity index (χ0) is 8.55. The fraction of sp³-hybridized carbons (Fsp3) is 0.600. The topological polar surface area (TPSA) is 39.2 Å². The summed E-state index contributed by atoms with van der Waals surface area (Å²) in [6.07, 6.45) is 5.63. The Morgan fingerprint density at radius 1 is 1.31 bits per heavy atom. The summed E-state index contributed by atoms with van der Waals surface area (Å²) in [7, 11) is 0. The monoisotopic (exact) mass is 201 g/mol. The Labute approximate surface area is 84.9 Å². The van der Waals surface area contributed by atoms with Crippen molar-refractivity contribution in [1.29, 1.82) is 0 Å². The van der Waals surface area contributed by atoms with E-state index < -0.39 is 0 Å². The van der Waals surface area contributed by atoms with Crippen LogP contribution in [0.4, 0.5) is 5.69 Å². The molecule has 1 aliphatic carbocycles. The highest BCUT2D eigenvalue weighted by Gasteiger charge is 2.19. The second-order valence-corrected chi connectivity index (χ2v) is 3.40. The molecule has 0 radical (unpaired) electrons. The number of halogens is 1. The molecule has 0 amide bonds. The maximum absolute atomic E-state index is 5.94. The third-order valence-corrected chi connectivity index (χ3v) is 2.61. The highest BCUT2D eigenvalue weighted by molar-refractivity contribution is 5.85. The largest absolute Gasteiger partial charge is 0.464 e. The van der Waals surface area contributed by atoms with E-state index in [2.05, 4.69) is 6.92 Å². The molecule has 0 saturated heterocycles. The van der Waals surface area contributed by atoms with Crippen LogP contribution >= 0.6 is 12.4 Å². The molecule has 2 rings (SSSR count). The molecule has 1 aromatic heterocycles. The van der Waals surface area contributed by atoms with Crippen molar-refractivity contribution in [3.8, 4) is 0 Å². The third-order valence-electron chi connectivity index (χ3n) is 2.61. The van der Waals surface area contributed by atoms with Gasteiger partial charge in [-0.05, 0) is 19.3 Å². The van der Waals surface area contributed by atoms with Gasteiger partial charge in [-0.1, -0.05) is 6.92 Å². The van der Waals surface area contributed by atoms with Crippen LogP contribution in [0.3, 0.4) is 0 Å². The Morgan fingerprint density at radius 3 is 2.62 bits per heavy atom. The molecule has 0 saturated carbocycles. The molecule has 0 fully saturated rings. The van der Waals surface area contributed by atoms with E-state index in [1.54, 1.807) is 0 Å². The summed E-state index contributed by atoms with van der Waals surface area (Å²) in [6.45, 7) is 2.08. The van der Waals surface area contributed by atoms with Gasteiger partial charge in [0.05, 0.1) is 5.69 Å². The fourth-order valence-electron chi connectivity index (χ4n) is 1.91. The van der Waals surface area contributed by atoms with E-state index in [9.17, 15) is 0 Å². The minimum Gasteiger partial charge on any atom is -0.464 e. The molecule has 13 heavy (non-hydrogen) atoms. The first kappa shape index (κ1) is 10.5. The Bertz CT molecular complexity index is 293. The third kappa shape index (κ3) is 1.68. The number of nitrogens with two attached hydrogens (primary N) is 1. The summed E-state index contributed by atoms with van der Waals surface area (Å²) in [6, 6.07) is 0. The number of anilines is 1. The van der Waals surface area contributed by atoms with Crippen LogP contribution in [0.15, 0.2) is 4.42 Å². The number of nitrogen functional groups attached to an aromatic ring is 1. The van der Waals surface area contributed by atoms with Crippen LogP contribution in [0.2, 0.25) is 0 Å². The molecule has 0 atom stereocenters. The van der Waals surface area contributed by atoms with E-state index in [4.69, 9.17) is 10.2 Å². The summed E-state index contributed by atoms with van der Waals surface area (Å²) in [5.41, 5.74) is 8.15.